The predicted octanol–water partition coefficient (Wildman–Crippen LogP) is 4.29. The molecule has 6 heteroatoms. The molecule has 2 aromatic carbocycles. The van der Waals surface area contributed by atoms with E-state index in [-0.39, 0.29) is 0 Å². The third-order valence-corrected chi connectivity index (χ3v) is 5.56. The monoisotopic (exact) mass is 352 g/mol. The van der Waals surface area contributed by atoms with E-state index in [0.29, 0.717) is 5.25 Å². The Balaban J connectivity index is 1.55. The average molecular weight is 352 g/mol. The van der Waals surface area contributed by atoms with Crippen molar-refractivity contribution in [3.05, 3.63) is 60.2 Å². The Morgan fingerprint density at radius 2 is 1.76 bits per heavy atom. The van der Waals surface area contributed by atoms with E-state index in [9.17, 15) is 0 Å². The van der Waals surface area contributed by atoms with Crippen LogP contribution < -0.4 is 9.64 Å². The molecule has 0 saturated carbocycles. The van der Waals surface area contributed by atoms with Crippen molar-refractivity contribution in [1.29, 1.82) is 0 Å². The number of ether oxygens (including phenoxy) is 1. The second-order valence-electron chi connectivity index (χ2n) is 5.95. The summed E-state index contributed by atoms with van der Waals surface area (Å²) < 4.78 is 7.44. The van der Waals surface area contributed by atoms with Gasteiger partial charge in [0.05, 0.1) is 7.11 Å². The summed E-state index contributed by atoms with van der Waals surface area (Å²) in [5.41, 5.74) is 2.41. The molecule has 0 unspecified atom stereocenters. The zero-order valence-electron chi connectivity index (χ0n) is 14.3. The summed E-state index contributed by atoms with van der Waals surface area (Å²) in [4.78, 5) is 2.20. The number of rotatable bonds is 5. The molecule has 1 aliphatic rings. The van der Waals surface area contributed by atoms with E-state index in [4.69, 9.17) is 4.74 Å². The van der Waals surface area contributed by atoms with E-state index < -0.39 is 0 Å². The maximum absolute atomic E-state index is 5.24. The first-order valence-corrected chi connectivity index (χ1v) is 9.20. The van der Waals surface area contributed by atoms with Gasteiger partial charge in [-0.05, 0) is 36.8 Å². The van der Waals surface area contributed by atoms with Crippen LogP contribution in [0.4, 0.5) is 11.6 Å². The molecule has 1 aliphatic heterocycles. The lowest BCUT2D eigenvalue weighted by Gasteiger charge is -2.15. The highest BCUT2D eigenvalue weighted by molar-refractivity contribution is 7.99. The Labute approximate surface area is 151 Å². The molecule has 2 heterocycles. The molecule has 0 amide bonds. The van der Waals surface area contributed by atoms with Gasteiger partial charge in [-0.1, -0.05) is 42.1 Å². The normalized spacial score (nSPS) is 14.4. The topological polar surface area (TPSA) is 43.2 Å². The highest BCUT2D eigenvalue weighted by Gasteiger charge is 2.27. The number of methoxy groups -OCH3 is 1. The zero-order valence-corrected chi connectivity index (χ0v) is 15.1. The Hall–Kier alpha value is -2.47. The number of fused-ring (bicyclic) bond motifs is 1. The first kappa shape index (κ1) is 16.0. The SMILES string of the molecule is COc1ccc(N2CCn3c(S[C@H](C)c4ccccc4)nnc32)cc1. The minimum Gasteiger partial charge on any atom is -0.497 e. The van der Waals surface area contributed by atoms with Gasteiger partial charge >= 0.3 is 0 Å². The number of hydrogen-bond acceptors (Lipinski definition) is 5. The summed E-state index contributed by atoms with van der Waals surface area (Å²) in [7, 11) is 1.68. The zero-order chi connectivity index (χ0) is 17.2. The van der Waals surface area contributed by atoms with Crippen LogP contribution in [0.5, 0.6) is 5.75 Å². The van der Waals surface area contributed by atoms with Crippen molar-refractivity contribution < 1.29 is 4.74 Å². The summed E-state index contributed by atoms with van der Waals surface area (Å²) in [5.74, 6) is 1.77. The Kier molecular flexibility index (Phi) is 4.36. The molecule has 25 heavy (non-hydrogen) atoms. The van der Waals surface area contributed by atoms with Gasteiger partial charge in [0, 0.05) is 24.0 Å². The van der Waals surface area contributed by atoms with Crippen molar-refractivity contribution in [2.24, 2.45) is 0 Å². The van der Waals surface area contributed by atoms with Crippen molar-refractivity contribution in [2.75, 3.05) is 18.6 Å². The van der Waals surface area contributed by atoms with Gasteiger partial charge in [0.25, 0.3) is 0 Å². The van der Waals surface area contributed by atoms with Crippen molar-refractivity contribution in [3.63, 3.8) is 0 Å². The lowest BCUT2D eigenvalue weighted by molar-refractivity contribution is 0.415. The van der Waals surface area contributed by atoms with Crippen LogP contribution in [0.15, 0.2) is 59.8 Å². The molecule has 3 aromatic rings. The summed E-state index contributed by atoms with van der Waals surface area (Å²) in [6, 6.07) is 18.6. The lowest BCUT2D eigenvalue weighted by atomic mass is 10.2. The first-order valence-electron chi connectivity index (χ1n) is 8.32. The van der Waals surface area contributed by atoms with Gasteiger partial charge < -0.3 is 9.64 Å². The average Bonchev–Trinajstić information content (AvgIpc) is 3.25. The van der Waals surface area contributed by atoms with Gasteiger partial charge in [-0.2, -0.15) is 0 Å². The second-order valence-corrected chi connectivity index (χ2v) is 7.26. The van der Waals surface area contributed by atoms with Crippen molar-refractivity contribution >= 4 is 23.4 Å². The third kappa shape index (κ3) is 3.09. The maximum Gasteiger partial charge on any atom is 0.232 e. The van der Waals surface area contributed by atoms with Crippen molar-refractivity contribution in [3.8, 4) is 5.75 Å². The fraction of sp³-hybridized carbons (Fsp3) is 0.263. The molecule has 0 aliphatic carbocycles. The van der Waals surface area contributed by atoms with E-state index in [1.54, 1.807) is 18.9 Å². The van der Waals surface area contributed by atoms with Gasteiger partial charge in [0.15, 0.2) is 5.16 Å². The van der Waals surface area contributed by atoms with Gasteiger partial charge in [-0.25, -0.2) is 0 Å². The summed E-state index contributed by atoms with van der Waals surface area (Å²) >= 11 is 1.75. The minimum atomic E-state index is 0.338. The lowest BCUT2D eigenvalue weighted by Crippen LogP contribution is -2.14. The van der Waals surface area contributed by atoms with E-state index >= 15 is 0 Å². The molecule has 0 spiro atoms. The maximum atomic E-state index is 5.24. The van der Waals surface area contributed by atoms with Gasteiger partial charge in [0.1, 0.15) is 5.75 Å². The molecule has 0 saturated heterocycles. The van der Waals surface area contributed by atoms with Crippen LogP contribution >= 0.6 is 11.8 Å². The molecular weight excluding hydrogens is 332 g/mol. The number of benzene rings is 2. The Bertz CT molecular complexity index is 848. The Morgan fingerprint density at radius 1 is 1.00 bits per heavy atom. The van der Waals surface area contributed by atoms with E-state index in [0.717, 1.165) is 35.6 Å². The Morgan fingerprint density at radius 3 is 2.48 bits per heavy atom. The number of anilines is 2. The molecule has 128 valence electrons. The van der Waals surface area contributed by atoms with Gasteiger partial charge in [-0.3, -0.25) is 4.57 Å². The molecule has 1 atom stereocenters. The van der Waals surface area contributed by atoms with Gasteiger partial charge in [-0.15, -0.1) is 10.2 Å². The van der Waals surface area contributed by atoms with Gasteiger partial charge in [0.2, 0.25) is 5.95 Å². The molecule has 0 fully saturated rings. The summed E-state index contributed by atoms with van der Waals surface area (Å²) in [5, 5.41) is 10.2. The van der Waals surface area contributed by atoms with E-state index in [1.165, 1.54) is 5.56 Å². The molecule has 4 rings (SSSR count). The van der Waals surface area contributed by atoms with E-state index in [2.05, 4.69) is 63.0 Å². The highest BCUT2D eigenvalue weighted by atomic mass is 32.2. The number of nitrogens with zero attached hydrogens (tertiary/aromatic N) is 4. The quantitative estimate of drug-likeness (QED) is 0.641. The number of hydrogen-bond donors (Lipinski definition) is 0. The van der Waals surface area contributed by atoms with Crippen LogP contribution in [0.1, 0.15) is 17.7 Å². The largest absolute Gasteiger partial charge is 0.497 e. The highest BCUT2D eigenvalue weighted by Crippen LogP contribution is 2.38. The minimum absolute atomic E-state index is 0.338. The molecule has 0 bridgehead atoms. The standard InChI is InChI=1S/C19H20N4OS/c1-14(15-6-4-3-5-7-15)25-19-21-20-18-22(12-13-23(18)19)16-8-10-17(24-2)11-9-16/h3-11,14H,12-13H2,1-2H3/t14-/m1/s1. The molecule has 0 radical (unpaired) electrons. The summed E-state index contributed by atoms with van der Waals surface area (Å²) in [6.07, 6.45) is 0. The fourth-order valence-electron chi connectivity index (χ4n) is 3.02. The summed E-state index contributed by atoms with van der Waals surface area (Å²) in [6.45, 7) is 4.01. The number of thioether (sulfide) groups is 1. The van der Waals surface area contributed by atoms with Crippen LogP contribution in [0, 0.1) is 0 Å². The van der Waals surface area contributed by atoms with Crippen LogP contribution in [0.3, 0.4) is 0 Å². The molecule has 5 nitrogen and oxygen atoms in total. The second kappa shape index (κ2) is 6.80. The molecular formula is C19H20N4OS. The smallest absolute Gasteiger partial charge is 0.232 e. The van der Waals surface area contributed by atoms with Crippen molar-refractivity contribution in [1.82, 2.24) is 14.8 Å². The molecule has 1 aromatic heterocycles. The first-order chi connectivity index (χ1) is 12.3. The fourth-order valence-corrected chi connectivity index (χ4v) is 4.02. The van der Waals surface area contributed by atoms with Crippen molar-refractivity contribution in [2.45, 2.75) is 23.9 Å². The van der Waals surface area contributed by atoms with Crippen LogP contribution in [-0.2, 0) is 6.54 Å². The van der Waals surface area contributed by atoms with E-state index in [1.807, 2.05) is 18.2 Å². The van der Waals surface area contributed by atoms with Crippen LogP contribution in [0.2, 0.25) is 0 Å². The number of aromatic nitrogens is 3. The third-order valence-electron chi connectivity index (χ3n) is 4.42. The van der Waals surface area contributed by atoms with Crippen LogP contribution in [-0.4, -0.2) is 28.4 Å². The predicted molar refractivity (Wildman–Crippen MR) is 101 cm³/mol. The molecule has 0 N–H and O–H groups in total. The van der Waals surface area contributed by atoms with Crippen LogP contribution in [0.25, 0.3) is 0 Å².